The van der Waals surface area contributed by atoms with Crippen LogP contribution in [0, 0.1) is 6.92 Å². The van der Waals surface area contributed by atoms with Crippen molar-refractivity contribution < 1.29 is 9.32 Å². The van der Waals surface area contributed by atoms with Gasteiger partial charge in [-0.15, -0.1) is 0 Å². The third kappa shape index (κ3) is 4.28. The topological polar surface area (TPSA) is 85.8 Å². The Kier molecular flexibility index (Phi) is 5.00. The first kappa shape index (κ1) is 15.9. The van der Waals surface area contributed by atoms with E-state index in [1.165, 1.54) is 0 Å². The lowest BCUT2D eigenvalue weighted by molar-refractivity contribution is -0.121. The number of nitrogens with zero attached hydrogens (tertiary/aromatic N) is 4. The number of nitrogens with one attached hydrogen (secondary N) is 1. The van der Waals surface area contributed by atoms with Crippen LogP contribution in [-0.2, 0) is 17.8 Å². The molecule has 7 nitrogen and oxygen atoms in total. The van der Waals surface area contributed by atoms with Crippen molar-refractivity contribution in [2.75, 3.05) is 0 Å². The molecule has 0 spiro atoms. The Morgan fingerprint density at radius 3 is 2.88 bits per heavy atom. The second-order valence-electron chi connectivity index (χ2n) is 5.49. The number of rotatable bonds is 7. The van der Waals surface area contributed by atoms with Crippen LogP contribution in [0.25, 0.3) is 5.69 Å². The summed E-state index contributed by atoms with van der Waals surface area (Å²) in [7, 11) is 0. The van der Waals surface area contributed by atoms with E-state index in [0.29, 0.717) is 37.5 Å². The summed E-state index contributed by atoms with van der Waals surface area (Å²) in [4.78, 5) is 16.0. The van der Waals surface area contributed by atoms with Crippen molar-refractivity contribution >= 4 is 5.91 Å². The Hall–Kier alpha value is -2.96. The number of hydrogen-bond acceptors (Lipinski definition) is 5. The first-order valence-electron chi connectivity index (χ1n) is 7.85. The minimum absolute atomic E-state index is 0.00121. The molecule has 1 aromatic carbocycles. The summed E-state index contributed by atoms with van der Waals surface area (Å²) in [6, 6.07) is 9.85. The largest absolute Gasteiger partial charge is 0.352 e. The van der Waals surface area contributed by atoms with Gasteiger partial charge in [0.05, 0.1) is 11.9 Å². The molecule has 0 bridgehead atoms. The number of aryl methyl sites for hydroxylation is 2. The Labute approximate surface area is 139 Å². The highest BCUT2D eigenvalue weighted by Crippen LogP contribution is 2.08. The van der Waals surface area contributed by atoms with E-state index >= 15 is 0 Å². The molecule has 7 heteroatoms. The molecular weight excluding hydrogens is 306 g/mol. The summed E-state index contributed by atoms with van der Waals surface area (Å²) >= 11 is 0. The van der Waals surface area contributed by atoms with E-state index in [0.717, 1.165) is 11.3 Å². The van der Waals surface area contributed by atoms with Gasteiger partial charge in [-0.1, -0.05) is 23.4 Å². The normalized spacial score (nSPS) is 10.7. The summed E-state index contributed by atoms with van der Waals surface area (Å²) < 4.78 is 6.81. The number of para-hydroxylation sites is 1. The molecule has 0 radical (unpaired) electrons. The molecule has 0 fully saturated rings. The Morgan fingerprint density at radius 1 is 1.29 bits per heavy atom. The molecule has 0 saturated heterocycles. The average Bonchev–Trinajstić information content (AvgIpc) is 3.23. The van der Waals surface area contributed by atoms with Crippen LogP contribution in [0.4, 0.5) is 0 Å². The summed E-state index contributed by atoms with van der Waals surface area (Å²) in [6.07, 6.45) is 5.39. The molecule has 3 rings (SSSR count). The van der Waals surface area contributed by atoms with Crippen LogP contribution in [0.1, 0.15) is 30.1 Å². The third-order valence-corrected chi connectivity index (χ3v) is 3.51. The van der Waals surface area contributed by atoms with E-state index in [-0.39, 0.29) is 5.91 Å². The molecule has 24 heavy (non-hydrogen) atoms. The highest BCUT2D eigenvalue weighted by atomic mass is 16.5. The maximum absolute atomic E-state index is 11.9. The lowest BCUT2D eigenvalue weighted by atomic mass is 10.2. The summed E-state index contributed by atoms with van der Waals surface area (Å²) in [5, 5.41) is 10.9. The number of carbonyl (C=O) groups is 1. The first-order valence-corrected chi connectivity index (χ1v) is 7.85. The van der Waals surface area contributed by atoms with E-state index in [2.05, 4.69) is 20.6 Å². The lowest BCUT2D eigenvalue weighted by Gasteiger charge is -2.02. The fourth-order valence-electron chi connectivity index (χ4n) is 2.30. The van der Waals surface area contributed by atoms with E-state index in [1.54, 1.807) is 17.8 Å². The fourth-order valence-corrected chi connectivity index (χ4v) is 2.30. The van der Waals surface area contributed by atoms with Crippen LogP contribution in [0.5, 0.6) is 0 Å². The van der Waals surface area contributed by atoms with Crippen molar-refractivity contribution in [3.8, 4) is 5.69 Å². The van der Waals surface area contributed by atoms with Gasteiger partial charge in [0, 0.05) is 31.1 Å². The highest BCUT2D eigenvalue weighted by molar-refractivity contribution is 5.75. The second kappa shape index (κ2) is 7.54. The molecule has 124 valence electrons. The summed E-state index contributed by atoms with van der Waals surface area (Å²) in [5.74, 6) is 1.19. The average molecular weight is 325 g/mol. The van der Waals surface area contributed by atoms with Gasteiger partial charge in [-0.05, 0) is 25.5 Å². The molecule has 2 heterocycles. The van der Waals surface area contributed by atoms with Crippen LogP contribution in [0.3, 0.4) is 0 Å². The van der Waals surface area contributed by atoms with Crippen LogP contribution in [0.2, 0.25) is 0 Å². The predicted molar refractivity (Wildman–Crippen MR) is 87.4 cm³/mol. The van der Waals surface area contributed by atoms with E-state index in [9.17, 15) is 4.79 Å². The van der Waals surface area contributed by atoms with Crippen LogP contribution in [0.15, 0.2) is 47.2 Å². The van der Waals surface area contributed by atoms with Gasteiger partial charge in [0.2, 0.25) is 11.8 Å². The number of hydrogen-bond donors (Lipinski definition) is 1. The molecule has 0 aliphatic carbocycles. The molecule has 1 N–H and O–H groups in total. The third-order valence-electron chi connectivity index (χ3n) is 3.51. The van der Waals surface area contributed by atoms with Gasteiger partial charge in [0.15, 0.2) is 5.82 Å². The number of aromatic nitrogens is 4. The maximum Gasteiger partial charge on any atom is 0.226 e. The zero-order valence-electron chi connectivity index (χ0n) is 13.5. The first-order chi connectivity index (χ1) is 11.7. The van der Waals surface area contributed by atoms with Crippen molar-refractivity contribution in [2.24, 2.45) is 0 Å². The van der Waals surface area contributed by atoms with Gasteiger partial charge in [0.1, 0.15) is 0 Å². The molecule has 2 aromatic heterocycles. The minimum atomic E-state index is -0.00121. The minimum Gasteiger partial charge on any atom is -0.352 e. The Bertz CT molecular complexity index is 794. The van der Waals surface area contributed by atoms with E-state index < -0.39 is 0 Å². The van der Waals surface area contributed by atoms with Crippen molar-refractivity contribution in [3.63, 3.8) is 0 Å². The van der Waals surface area contributed by atoms with Crippen molar-refractivity contribution in [2.45, 2.75) is 32.7 Å². The van der Waals surface area contributed by atoms with Gasteiger partial charge in [-0.2, -0.15) is 10.1 Å². The van der Waals surface area contributed by atoms with E-state index in [4.69, 9.17) is 4.52 Å². The quantitative estimate of drug-likeness (QED) is 0.720. The maximum atomic E-state index is 11.9. The van der Waals surface area contributed by atoms with Gasteiger partial charge in [0.25, 0.3) is 0 Å². The predicted octanol–water partition coefficient (Wildman–Crippen LogP) is 2.20. The van der Waals surface area contributed by atoms with Crippen LogP contribution < -0.4 is 5.32 Å². The molecule has 0 unspecified atom stereocenters. The molecule has 0 aliphatic heterocycles. The second-order valence-corrected chi connectivity index (χ2v) is 5.49. The summed E-state index contributed by atoms with van der Waals surface area (Å²) in [6.45, 7) is 2.24. The van der Waals surface area contributed by atoms with Crippen molar-refractivity contribution in [1.82, 2.24) is 25.2 Å². The number of amides is 1. The van der Waals surface area contributed by atoms with Crippen molar-refractivity contribution in [3.05, 3.63) is 60.0 Å². The zero-order chi connectivity index (χ0) is 16.8. The molecule has 3 aromatic rings. The van der Waals surface area contributed by atoms with Gasteiger partial charge in [-0.3, -0.25) is 4.79 Å². The zero-order valence-corrected chi connectivity index (χ0v) is 13.5. The number of benzene rings is 1. The van der Waals surface area contributed by atoms with Crippen LogP contribution >= 0.6 is 0 Å². The van der Waals surface area contributed by atoms with Crippen molar-refractivity contribution in [1.29, 1.82) is 0 Å². The Balaban J connectivity index is 1.42. The molecular formula is C17H19N5O2. The molecule has 0 atom stereocenters. The van der Waals surface area contributed by atoms with Gasteiger partial charge < -0.3 is 9.84 Å². The number of carbonyl (C=O) groups excluding carboxylic acids is 1. The van der Waals surface area contributed by atoms with Gasteiger partial charge >= 0.3 is 0 Å². The van der Waals surface area contributed by atoms with E-state index in [1.807, 2.05) is 36.5 Å². The Morgan fingerprint density at radius 2 is 2.12 bits per heavy atom. The molecule has 0 aliphatic rings. The smallest absolute Gasteiger partial charge is 0.226 e. The van der Waals surface area contributed by atoms with Gasteiger partial charge in [-0.25, -0.2) is 4.68 Å². The molecule has 0 saturated carbocycles. The van der Waals surface area contributed by atoms with Crippen LogP contribution in [-0.4, -0.2) is 25.8 Å². The highest BCUT2D eigenvalue weighted by Gasteiger charge is 2.07. The standard InChI is InChI=1S/C17H19N5O2/c1-13-20-17(24-21-13)9-5-8-16(23)18-10-14-11-19-22(12-14)15-6-3-2-4-7-15/h2-4,6-7,11-12H,5,8-10H2,1H3,(H,18,23). The fraction of sp³-hybridized carbons (Fsp3) is 0.294. The lowest BCUT2D eigenvalue weighted by Crippen LogP contribution is -2.22. The molecule has 1 amide bonds. The monoisotopic (exact) mass is 325 g/mol. The summed E-state index contributed by atoms with van der Waals surface area (Å²) in [5.41, 5.74) is 1.95. The SMILES string of the molecule is Cc1noc(CCCC(=O)NCc2cnn(-c3ccccc3)c2)n1.